The van der Waals surface area contributed by atoms with Gasteiger partial charge in [-0.1, -0.05) is 84.9 Å². The van der Waals surface area contributed by atoms with Gasteiger partial charge in [-0.05, 0) is 95.1 Å². The van der Waals surface area contributed by atoms with E-state index < -0.39 is 0 Å². The van der Waals surface area contributed by atoms with E-state index in [0.29, 0.717) is 33.9 Å². The van der Waals surface area contributed by atoms with E-state index in [1.165, 1.54) is 0 Å². The normalized spacial score (nSPS) is 10.8. The van der Waals surface area contributed by atoms with Crippen LogP contribution in [0.5, 0.6) is 0 Å². The Labute approximate surface area is 288 Å². The van der Waals surface area contributed by atoms with Gasteiger partial charge >= 0.3 is 0 Å². The highest BCUT2D eigenvalue weighted by atomic mass is 32.1. The van der Waals surface area contributed by atoms with E-state index >= 15 is 0 Å². The first-order valence-corrected chi connectivity index (χ1v) is 16.6. The molecular formula is C42H32N4O2S. The number of hydrogen-bond donors (Lipinski definition) is 4. The Morgan fingerprint density at radius 3 is 1.10 bits per heavy atom. The molecule has 6 N–H and O–H groups in total. The van der Waals surface area contributed by atoms with Crippen molar-refractivity contribution in [2.45, 2.75) is 0 Å². The van der Waals surface area contributed by atoms with Crippen LogP contribution in [0.4, 0.5) is 22.7 Å². The zero-order valence-corrected chi connectivity index (χ0v) is 27.2. The minimum absolute atomic E-state index is 0.199. The molecule has 49 heavy (non-hydrogen) atoms. The summed E-state index contributed by atoms with van der Waals surface area (Å²) in [6.07, 6.45) is 0. The summed E-state index contributed by atoms with van der Waals surface area (Å²) < 4.78 is 0. The molecule has 0 aliphatic carbocycles. The van der Waals surface area contributed by atoms with Crippen molar-refractivity contribution in [3.63, 3.8) is 0 Å². The van der Waals surface area contributed by atoms with Crippen LogP contribution in [0.3, 0.4) is 0 Å². The van der Waals surface area contributed by atoms with Gasteiger partial charge in [0.25, 0.3) is 11.8 Å². The second kappa shape index (κ2) is 13.7. The van der Waals surface area contributed by atoms with E-state index in [2.05, 4.69) is 59.2 Å². The molecule has 0 saturated heterocycles. The lowest BCUT2D eigenvalue weighted by Crippen LogP contribution is -2.11. The average molecular weight is 657 g/mol. The zero-order valence-electron chi connectivity index (χ0n) is 26.4. The molecule has 0 bridgehead atoms. The maximum Gasteiger partial charge on any atom is 0.255 e. The molecule has 2 amide bonds. The number of nitrogens with one attached hydrogen (secondary N) is 2. The molecule has 7 aromatic rings. The van der Waals surface area contributed by atoms with Crippen LogP contribution in [0.2, 0.25) is 0 Å². The first-order chi connectivity index (χ1) is 23.9. The van der Waals surface area contributed by atoms with Gasteiger partial charge in [-0.3, -0.25) is 9.59 Å². The van der Waals surface area contributed by atoms with Gasteiger partial charge in [0.1, 0.15) is 0 Å². The predicted molar refractivity (Wildman–Crippen MR) is 204 cm³/mol. The van der Waals surface area contributed by atoms with Crippen molar-refractivity contribution < 1.29 is 9.59 Å². The van der Waals surface area contributed by atoms with Crippen molar-refractivity contribution in [2.75, 3.05) is 22.1 Å². The monoisotopic (exact) mass is 656 g/mol. The molecule has 7 heteroatoms. The van der Waals surface area contributed by atoms with Crippen molar-refractivity contribution in [3.8, 4) is 43.1 Å². The van der Waals surface area contributed by atoms with Gasteiger partial charge in [0.2, 0.25) is 0 Å². The number of benzene rings is 6. The number of rotatable bonds is 8. The summed E-state index contributed by atoms with van der Waals surface area (Å²) in [7, 11) is 0. The Morgan fingerprint density at radius 2 is 0.755 bits per heavy atom. The molecule has 0 radical (unpaired) electrons. The second-order valence-electron chi connectivity index (χ2n) is 11.5. The fourth-order valence-electron chi connectivity index (χ4n) is 5.68. The van der Waals surface area contributed by atoms with Crippen LogP contribution in [0.25, 0.3) is 43.1 Å². The third-order valence-corrected chi connectivity index (χ3v) is 9.48. The third kappa shape index (κ3) is 6.83. The van der Waals surface area contributed by atoms with Crippen molar-refractivity contribution in [2.24, 2.45) is 0 Å². The van der Waals surface area contributed by atoms with E-state index in [4.69, 9.17) is 11.5 Å². The molecule has 0 fully saturated rings. The molecule has 7 rings (SSSR count). The number of carbonyl (C=O) groups is 2. The fourth-order valence-corrected chi connectivity index (χ4v) is 7.04. The maximum absolute atomic E-state index is 12.9. The number of carbonyl (C=O) groups excluding carboxylic acids is 2. The van der Waals surface area contributed by atoms with Gasteiger partial charge in [0, 0.05) is 54.8 Å². The highest BCUT2D eigenvalue weighted by Crippen LogP contribution is 2.52. The average Bonchev–Trinajstić information content (AvgIpc) is 3.54. The van der Waals surface area contributed by atoms with Crippen molar-refractivity contribution in [3.05, 3.63) is 169 Å². The molecule has 0 saturated carbocycles. The van der Waals surface area contributed by atoms with E-state index in [9.17, 15) is 9.59 Å². The lowest BCUT2D eigenvalue weighted by molar-refractivity contribution is 0.101. The molecule has 6 aromatic carbocycles. The Kier molecular flexibility index (Phi) is 8.74. The van der Waals surface area contributed by atoms with Crippen LogP contribution in [0.15, 0.2) is 158 Å². The van der Waals surface area contributed by atoms with Gasteiger partial charge < -0.3 is 22.1 Å². The smallest absolute Gasteiger partial charge is 0.255 e. The number of hydrogen-bond acceptors (Lipinski definition) is 5. The van der Waals surface area contributed by atoms with Crippen LogP contribution in [-0.4, -0.2) is 11.8 Å². The van der Waals surface area contributed by atoms with E-state index in [-0.39, 0.29) is 11.8 Å². The van der Waals surface area contributed by atoms with Gasteiger partial charge in [-0.15, -0.1) is 11.3 Å². The minimum atomic E-state index is -0.199. The molecule has 0 unspecified atom stereocenters. The highest BCUT2D eigenvalue weighted by molar-refractivity contribution is 7.20. The summed E-state index contributed by atoms with van der Waals surface area (Å²) in [5, 5.41) is 5.98. The molecule has 1 heterocycles. The van der Waals surface area contributed by atoms with Gasteiger partial charge in [0.15, 0.2) is 0 Å². The summed E-state index contributed by atoms with van der Waals surface area (Å²) >= 11 is 1.72. The number of amides is 2. The Morgan fingerprint density at radius 1 is 0.408 bits per heavy atom. The standard InChI is InChI=1S/C42H32N4O2S/c43-33-19-11-31(12-20-33)41(47)45-35-23-15-29(16-24-35)39-37(27-7-3-1-4-8-27)38(28-9-5-2-6-10-28)40(49-39)30-17-25-36(26-18-30)46-42(48)32-13-21-34(44)22-14-32/h1-26H,43-44H2,(H,45,47)(H,46,48). The molecule has 6 nitrogen and oxygen atoms in total. The van der Waals surface area contributed by atoms with Crippen LogP contribution >= 0.6 is 11.3 Å². The Balaban J connectivity index is 1.27. The predicted octanol–water partition coefficient (Wildman–Crippen LogP) is 10.1. The van der Waals surface area contributed by atoms with E-state index in [1.807, 2.05) is 60.7 Å². The number of anilines is 4. The first kappa shape index (κ1) is 31.2. The number of nitrogens with two attached hydrogens (primary N) is 2. The van der Waals surface area contributed by atoms with Crippen LogP contribution in [0.1, 0.15) is 20.7 Å². The van der Waals surface area contributed by atoms with Crippen molar-refractivity contribution in [1.82, 2.24) is 0 Å². The molecule has 238 valence electrons. The molecule has 1 aromatic heterocycles. The quantitative estimate of drug-likeness (QED) is 0.122. The summed E-state index contributed by atoms with van der Waals surface area (Å²) in [5.74, 6) is -0.397. The topological polar surface area (TPSA) is 110 Å². The summed E-state index contributed by atoms with van der Waals surface area (Å²) in [6.45, 7) is 0. The maximum atomic E-state index is 12.9. The lowest BCUT2D eigenvalue weighted by Gasteiger charge is -2.12. The van der Waals surface area contributed by atoms with Gasteiger partial charge in [0.05, 0.1) is 0 Å². The molecule has 0 spiro atoms. The summed E-state index contributed by atoms with van der Waals surface area (Å²) in [5.41, 5.74) is 21.8. The number of nitrogen functional groups attached to an aromatic ring is 2. The third-order valence-electron chi connectivity index (χ3n) is 8.19. The molecular weight excluding hydrogens is 625 g/mol. The molecule has 0 aliphatic heterocycles. The summed E-state index contributed by atoms with van der Waals surface area (Å²) in [4.78, 5) is 28.0. The number of thiophene rings is 1. The zero-order chi connectivity index (χ0) is 33.7. The Hall–Kier alpha value is -6.44. The van der Waals surface area contributed by atoms with E-state index in [1.54, 1.807) is 59.9 Å². The minimum Gasteiger partial charge on any atom is -0.399 e. The van der Waals surface area contributed by atoms with Crippen LogP contribution < -0.4 is 22.1 Å². The van der Waals surface area contributed by atoms with Crippen LogP contribution in [-0.2, 0) is 0 Å². The SMILES string of the molecule is Nc1ccc(C(=O)Nc2ccc(-c3sc(-c4ccc(NC(=O)c5ccc(N)cc5)cc4)c(-c4ccccc4)c3-c3ccccc3)cc2)cc1. The highest BCUT2D eigenvalue weighted by Gasteiger charge is 2.23. The van der Waals surface area contributed by atoms with Gasteiger partial charge in [-0.25, -0.2) is 0 Å². The molecule has 0 aliphatic rings. The van der Waals surface area contributed by atoms with Crippen molar-refractivity contribution >= 4 is 45.9 Å². The van der Waals surface area contributed by atoms with Crippen molar-refractivity contribution in [1.29, 1.82) is 0 Å². The lowest BCUT2D eigenvalue weighted by atomic mass is 9.91. The first-order valence-electron chi connectivity index (χ1n) is 15.8. The van der Waals surface area contributed by atoms with Gasteiger partial charge in [-0.2, -0.15) is 0 Å². The second-order valence-corrected chi connectivity index (χ2v) is 12.6. The van der Waals surface area contributed by atoms with E-state index in [0.717, 1.165) is 43.1 Å². The summed E-state index contributed by atoms with van der Waals surface area (Å²) in [6, 6.07) is 50.4. The largest absolute Gasteiger partial charge is 0.399 e. The Bertz CT molecular complexity index is 2070. The van der Waals surface area contributed by atoms with Crippen LogP contribution in [0, 0.1) is 0 Å². The fraction of sp³-hybridized carbons (Fsp3) is 0. The molecule has 0 atom stereocenters.